The molecule has 22 heavy (non-hydrogen) atoms. The highest BCUT2D eigenvalue weighted by molar-refractivity contribution is 9.10. The lowest BCUT2D eigenvalue weighted by Gasteiger charge is -2.13. The fourth-order valence-electron chi connectivity index (χ4n) is 2.97. The number of fused-ring (bicyclic) bond motifs is 2. The molecule has 4 rings (SSSR count). The first-order valence-electron chi connectivity index (χ1n) is 7.09. The van der Waals surface area contributed by atoms with Gasteiger partial charge >= 0.3 is 0 Å². The van der Waals surface area contributed by atoms with Gasteiger partial charge in [0.15, 0.2) is 0 Å². The lowest BCUT2D eigenvalue weighted by atomic mass is 9.92. The van der Waals surface area contributed by atoms with Crippen molar-refractivity contribution >= 4 is 53.4 Å². The molecule has 0 aliphatic rings. The molecule has 0 fully saturated rings. The summed E-state index contributed by atoms with van der Waals surface area (Å²) in [5, 5.41) is 5.06. The van der Waals surface area contributed by atoms with Gasteiger partial charge in [-0.1, -0.05) is 74.3 Å². The van der Waals surface area contributed by atoms with E-state index in [0.29, 0.717) is 0 Å². The third-order valence-electron chi connectivity index (χ3n) is 3.94. The van der Waals surface area contributed by atoms with Crippen LogP contribution < -0.4 is 0 Å². The molecule has 0 aliphatic carbocycles. The van der Waals surface area contributed by atoms with Crippen LogP contribution in [0.25, 0.3) is 32.7 Å². The van der Waals surface area contributed by atoms with Crippen LogP contribution in [0.4, 0.5) is 0 Å². The molecule has 0 aliphatic heterocycles. The molecule has 0 spiro atoms. The van der Waals surface area contributed by atoms with E-state index in [2.05, 4.69) is 105 Å². The first kappa shape index (κ1) is 14.0. The van der Waals surface area contributed by atoms with Gasteiger partial charge in [-0.05, 0) is 63.0 Å². The molecule has 0 N–H and O–H groups in total. The zero-order chi connectivity index (χ0) is 15.1. The third-order valence-corrected chi connectivity index (χ3v) is 4.93. The summed E-state index contributed by atoms with van der Waals surface area (Å²) in [6.45, 7) is 0. The molecule has 0 bridgehead atoms. The second-order valence-corrected chi connectivity index (χ2v) is 7.18. The Morgan fingerprint density at radius 1 is 0.545 bits per heavy atom. The first-order chi connectivity index (χ1) is 10.7. The van der Waals surface area contributed by atoms with E-state index >= 15 is 0 Å². The van der Waals surface area contributed by atoms with Crippen LogP contribution in [0, 0.1) is 0 Å². The van der Waals surface area contributed by atoms with Crippen LogP contribution in [0.5, 0.6) is 0 Å². The largest absolute Gasteiger partial charge is 0.0622 e. The summed E-state index contributed by atoms with van der Waals surface area (Å²) in [6.07, 6.45) is 0. The Morgan fingerprint density at radius 2 is 1.09 bits per heavy atom. The number of hydrogen-bond acceptors (Lipinski definition) is 0. The van der Waals surface area contributed by atoms with Crippen molar-refractivity contribution in [2.75, 3.05) is 0 Å². The standard InChI is InChI=1S/C20H12Br2/c21-16-8-6-14-10-15-7-9-17(22)12-19(15)20(18(14)11-16)13-4-2-1-3-5-13/h1-12H. The number of benzene rings is 4. The second kappa shape index (κ2) is 5.53. The summed E-state index contributed by atoms with van der Waals surface area (Å²) in [7, 11) is 0. The molecule has 0 aromatic heterocycles. The Labute approximate surface area is 146 Å². The maximum atomic E-state index is 3.61. The monoisotopic (exact) mass is 410 g/mol. The molecule has 0 nitrogen and oxygen atoms in total. The van der Waals surface area contributed by atoms with Crippen molar-refractivity contribution in [3.05, 3.63) is 81.7 Å². The lowest BCUT2D eigenvalue weighted by molar-refractivity contribution is 1.65. The molecule has 0 radical (unpaired) electrons. The van der Waals surface area contributed by atoms with E-state index in [1.807, 2.05) is 0 Å². The Balaban J connectivity index is 2.24. The minimum Gasteiger partial charge on any atom is -0.0622 e. The summed E-state index contributed by atoms with van der Waals surface area (Å²) >= 11 is 7.22. The predicted molar refractivity (Wildman–Crippen MR) is 102 cm³/mol. The second-order valence-electron chi connectivity index (χ2n) is 5.35. The van der Waals surface area contributed by atoms with Crippen LogP contribution in [0.3, 0.4) is 0 Å². The fraction of sp³-hybridized carbons (Fsp3) is 0. The third kappa shape index (κ3) is 2.37. The average molecular weight is 412 g/mol. The van der Waals surface area contributed by atoms with Gasteiger partial charge in [0.05, 0.1) is 0 Å². The highest BCUT2D eigenvalue weighted by Gasteiger charge is 2.10. The zero-order valence-corrected chi connectivity index (χ0v) is 14.9. The van der Waals surface area contributed by atoms with Gasteiger partial charge in [0.2, 0.25) is 0 Å². The predicted octanol–water partition coefficient (Wildman–Crippen LogP) is 7.19. The van der Waals surface area contributed by atoms with Crippen LogP contribution in [0.2, 0.25) is 0 Å². The van der Waals surface area contributed by atoms with E-state index in [0.717, 1.165) is 8.95 Å². The normalized spacial score (nSPS) is 11.2. The van der Waals surface area contributed by atoms with Crippen LogP contribution >= 0.6 is 31.9 Å². The molecule has 0 saturated heterocycles. The van der Waals surface area contributed by atoms with Gasteiger partial charge in [0.1, 0.15) is 0 Å². The van der Waals surface area contributed by atoms with Crippen molar-refractivity contribution in [2.24, 2.45) is 0 Å². The van der Waals surface area contributed by atoms with E-state index in [-0.39, 0.29) is 0 Å². The summed E-state index contributed by atoms with van der Waals surface area (Å²) in [6, 6.07) is 25.8. The topological polar surface area (TPSA) is 0 Å². The molecule has 0 atom stereocenters. The molecule has 4 aromatic carbocycles. The number of rotatable bonds is 1. The Bertz CT molecular complexity index is 929. The summed E-state index contributed by atoms with van der Waals surface area (Å²) in [5.41, 5.74) is 2.53. The maximum absolute atomic E-state index is 3.61. The minimum absolute atomic E-state index is 1.10. The minimum atomic E-state index is 1.10. The maximum Gasteiger partial charge on any atom is 0.0181 e. The molecule has 0 unspecified atom stereocenters. The Kier molecular flexibility index (Phi) is 3.51. The van der Waals surface area contributed by atoms with Crippen LogP contribution in [-0.4, -0.2) is 0 Å². The molecule has 0 saturated carbocycles. The molecular formula is C20H12Br2. The van der Waals surface area contributed by atoms with E-state index in [1.165, 1.54) is 32.7 Å². The fourth-order valence-corrected chi connectivity index (χ4v) is 3.69. The molecule has 2 heteroatoms. The molecule has 106 valence electrons. The van der Waals surface area contributed by atoms with E-state index in [1.54, 1.807) is 0 Å². The van der Waals surface area contributed by atoms with Gasteiger partial charge in [-0.15, -0.1) is 0 Å². The summed E-state index contributed by atoms with van der Waals surface area (Å²) in [5.74, 6) is 0. The highest BCUT2D eigenvalue weighted by atomic mass is 79.9. The summed E-state index contributed by atoms with van der Waals surface area (Å²) < 4.78 is 2.21. The van der Waals surface area contributed by atoms with Gasteiger partial charge in [-0.3, -0.25) is 0 Å². The zero-order valence-electron chi connectivity index (χ0n) is 11.7. The SMILES string of the molecule is Brc1ccc2cc3ccc(Br)cc3c(-c3ccccc3)c2c1. The van der Waals surface area contributed by atoms with Crippen molar-refractivity contribution < 1.29 is 0 Å². The Morgan fingerprint density at radius 3 is 1.64 bits per heavy atom. The van der Waals surface area contributed by atoms with Crippen LogP contribution in [0.15, 0.2) is 81.7 Å². The van der Waals surface area contributed by atoms with Crippen LogP contribution in [0.1, 0.15) is 0 Å². The molecule has 0 heterocycles. The van der Waals surface area contributed by atoms with E-state index in [9.17, 15) is 0 Å². The van der Waals surface area contributed by atoms with Crippen molar-refractivity contribution in [3.8, 4) is 11.1 Å². The highest BCUT2D eigenvalue weighted by Crippen LogP contribution is 2.38. The van der Waals surface area contributed by atoms with Crippen molar-refractivity contribution in [1.29, 1.82) is 0 Å². The van der Waals surface area contributed by atoms with Gasteiger partial charge in [0.25, 0.3) is 0 Å². The average Bonchev–Trinajstić information content (AvgIpc) is 2.54. The van der Waals surface area contributed by atoms with Gasteiger partial charge in [0, 0.05) is 8.95 Å². The molecular weight excluding hydrogens is 400 g/mol. The first-order valence-corrected chi connectivity index (χ1v) is 8.68. The van der Waals surface area contributed by atoms with E-state index in [4.69, 9.17) is 0 Å². The van der Waals surface area contributed by atoms with Crippen LogP contribution in [-0.2, 0) is 0 Å². The number of hydrogen-bond donors (Lipinski definition) is 0. The van der Waals surface area contributed by atoms with Crippen molar-refractivity contribution in [2.45, 2.75) is 0 Å². The quantitative estimate of drug-likeness (QED) is 0.291. The molecule has 4 aromatic rings. The summed E-state index contributed by atoms with van der Waals surface area (Å²) in [4.78, 5) is 0. The Hall–Kier alpha value is -1.64. The van der Waals surface area contributed by atoms with Gasteiger partial charge in [-0.25, -0.2) is 0 Å². The molecule has 0 amide bonds. The number of halogens is 2. The van der Waals surface area contributed by atoms with E-state index < -0.39 is 0 Å². The van der Waals surface area contributed by atoms with Gasteiger partial charge in [-0.2, -0.15) is 0 Å². The smallest absolute Gasteiger partial charge is 0.0181 e. The van der Waals surface area contributed by atoms with Crippen molar-refractivity contribution in [1.82, 2.24) is 0 Å². The van der Waals surface area contributed by atoms with Gasteiger partial charge < -0.3 is 0 Å². The lowest BCUT2D eigenvalue weighted by Crippen LogP contribution is -1.86. The van der Waals surface area contributed by atoms with Crippen molar-refractivity contribution in [3.63, 3.8) is 0 Å².